The first kappa shape index (κ1) is 17.9. The van der Waals surface area contributed by atoms with Gasteiger partial charge in [0.1, 0.15) is 11.6 Å². The van der Waals surface area contributed by atoms with E-state index in [0.29, 0.717) is 35.2 Å². The maximum Gasteiger partial charge on any atom is 0.228 e. The molecule has 1 saturated carbocycles. The molecule has 1 aliphatic carbocycles. The number of nitrogens with one attached hydrogen (secondary N) is 3. The average Bonchev–Trinajstić information content (AvgIpc) is 3.37. The van der Waals surface area contributed by atoms with Gasteiger partial charge in [-0.2, -0.15) is 14.9 Å². The second-order valence-corrected chi connectivity index (χ2v) is 7.47. The van der Waals surface area contributed by atoms with Gasteiger partial charge >= 0.3 is 0 Å². The van der Waals surface area contributed by atoms with E-state index in [-0.39, 0.29) is 5.91 Å². The highest BCUT2D eigenvalue weighted by Gasteiger charge is 2.24. The predicted octanol–water partition coefficient (Wildman–Crippen LogP) is 3.34. The smallest absolute Gasteiger partial charge is 0.228 e. The number of amides is 1. The van der Waals surface area contributed by atoms with Gasteiger partial charge in [-0.25, -0.2) is 4.98 Å². The highest BCUT2D eigenvalue weighted by molar-refractivity contribution is 5.89. The summed E-state index contributed by atoms with van der Waals surface area (Å²) < 4.78 is 1.78. The van der Waals surface area contributed by atoms with Crippen LogP contribution in [0.5, 0.6) is 0 Å². The summed E-state index contributed by atoms with van der Waals surface area (Å²) in [7, 11) is 0. The van der Waals surface area contributed by atoms with Gasteiger partial charge in [0.15, 0.2) is 5.65 Å². The molecule has 1 aliphatic heterocycles. The van der Waals surface area contributed by atoms with Crippen molar-refractivity contribution < 1.29 is 4.79 Å². The van der Waals surface area contributed by atoms with Crippen LogP contribution in [0, 0.1) is 11.3 Å². The van der Waals surface area contributed by atoms with Crippen LogP contribution in [0.4, 0.5) is 17.3 Å². The van der Waals surface area contributed by atoms with E-state index in [1.54, 1.807) is 22.8 Å². The fourth-order valence-corrected chi connectivity index (χ4v) is 3.36. The number of hydrogen-bond acceptors (Lipinski definition) is 6. The summed E-state index contributed by atoms with van der Waals surface area (Å²) in [6.07, 6.45) is 6.21. The average molecular weight is 397 g/mol. The fraction of sp³-hybridized carbons (Fsp3) is 0.182. The fourth-order valence-electron chi connectivity index (χ4n) is 3.36. The Morgan fingerprint density at radius 2 is 2.10 bits per heavy atom. The molecule has 2 aromatic heterocycles. The van der Waals surface area contributed by atoms with Crippen molar-refractivity contribution in [1.29, 1.82) is 5.26 Å². The third-order valence-electron chi connectivity index (χ3n) is 5.07. The van der Waals surface area contributed by atoms with E-state index in [4.69, 9.17) is 10.2 Å². The van der Waals surface area contributed by atoms with E-state index >= 15 is 0 Å². The molecule has 8 nitrogen and oxygen atoms in total. The lowest BCUT2D eigenvalue weighted by atomic mass is 10.1. The highest BCUT2D eigenvalue weighted by atomic mass is 16.1. The second-order valence-electron chi connectivity index (χ2n) is 7.47. The summed E-state index contributed by atoms with van der Waals surface area (Å²) >= 11 is 0. The van der Waals surface area contributed by atoms with Crippen molar-refractivity contribution in [3.8, 4) is 6.07 Å². The Balaban J connectivity index is 1.55. The van der Waals surface area contributed by atoms with E-state index in [9.17, 15) is 4.79 Å². The zero-order chi connectivity index (χ0) is 20.7. The van der Waals surface area contributed by atoms with E-state index < -0.39 is 0 Å². The molecular weight excluding hydrogens is 378 g/mol. The minimum atomic E-state index is -0.0602. The zero-order valence-corrected chi connectivity index (χ0v) is 16.1. The summed E-state index contributed by atoms with van der Waals surface area (Å²) in [5, 5.41) is 23.0. The number of anilines is 3. The van der Waals surface area contributed by atoms with Crippen molar-refractivity contribution >= 4 is 35.0 Å². The Morgan fingerprint density at radius 3 is 2.77 bits per heavy atom. The molecular formula is C22H19N7O. The van der Waals surface area contributed by atoms with Gasteiger partial charge in [-0.3, -0.25) is 4.79 Å². The molecule has 3 aromatic rings. The molecule has 3 heterocycles. The van der Waals surface area contributed by atoms with Gasteiger partial charge < -0.3 is 16.0 Å². The number of nitrogens with zero attached hydrogens (tertiary/aromatic N) is 4. The number of benzene rings is 1. The van der Waals surface area contributed by atoms with Gasteiger partial charge in [0.05, 0.1) is 24.3 Å². The van der Waals surface area contributed by atoms with Crippen LogP contribution in [-0.4, -0.2) is 26.5 Å². The zero-order valence-electron chi connectivity index (χ0n) is 16.1. The molecule has 30 heavy (non-hydrogen) atoms. The number of aromatic nitrogens is 3. The third kappa shape index (κ3) is 3.49. The Kier molecular flexibility index (Phi) is 4.21. The van der Waals surface area contributed by atoms with Crippen LogP contribution >= 0.6 is 0 Å². The van der Waals surface area contributed by atoms with Crippen LogP contribution in [-0.2, 0) is 4.79 Å². The molecule has 148 valence electrons. The molecule has 3 N–H and O–H groups in total. The normalized spacial score (nSPS) is 17.2. The molecule has 1 amide bonds. The molecule has 0 atom stereocenters. The number of carbonyl (C=O) groups is 1. The number of fused-ring (bicyclic) bond motifs is 1. The van der Waals surface area contributed by atoms with Gasteiger partial charge in [-0.15, -0.1) is 0 Å². The summed E-state index contributed by atoms with van der Waals surface area (Å²) in [4.78, 5) is 16.4. The minimum absolute atomic E-state index is 0.0602. The van der Waals surface area contributed by atoms with Crippen molar-refractivity contribution in [2.75, 3.05) is 10.6 Å². The molecule has 2 fully saturated rings. The Bertz CT molecular complexity index is 1240. The molecule has 0 bridgehead atoms. The van der Waals surface area contributed by atoms with E-state index in [1.165, 1.54) is 0 Å². The molecule has 1 aromatic carbocycles. The summed E-state index contributed by atoms with van der Waals surface area (Å²) in [6.45, 7) is 3.90. The van der Waals surface area contributed by atoms with Crippen LogP contribution in [0.1, 0.15) is 30.4 Å². The van der Waals surface area contributed by atoms with Gasteiger partial charge in [0.2, 0.25) is 5.91 Å². The first-order chi connectivity index (χ1) is 14.6. The number of rotatable bonds is 5. The quantitative estimate of drug-likeness (QED) is 0.610. The molecule has 0 spiro atoms. The lowest BCUT2D eigenvalue weighted by Gasteiger charge is -2.11. The molecule has 8 heteroatoms. The Morgan fingerprint density at radius 1 is 1.30 bits per heavy atom. The highest BCUT2D eigenvalue weighted by Crippen LogP contribution is 2.29. The lowest BCUT2D eigenvalue weighted by Crippen LogP contribution is -2.10. The van der Waals surface area contributed by atoms with Crippen LogP contribution in [0.2, 0.25) is 0 Å². The van der Waals surface area contributed by atoms with E-state index in [2.05, 4.69) is 33.7 Å². The molecule has 0 unspecified atom stereocenters. The summed E-state index contributed by atoms with van der Waals surface area (Å²) in [5.41, 5.74) is 4.37. The predicted molar refractivity (Wildman–Crippen MR) is 114 cm³/mol. The molecule has 2 aliphatic rings. The van der Waals surface area contributed by atoms with Crippen LogP contribution in [0.15, 0.2) is 54.4 Å². The van der Waals surface area contributed by atoms with Gasteiger partial charge in [0, 0.05) is 29.1 Å². The van der Waals surface area contributed by atoms with Crippen LogP contribution in [0.25, 0.3) is 11.7 Å². The van der Waals surface area contributed by atoms with Gasteiger partial charge in [0.25, 0.3) is 0 Å². The largest absolute Gasteiger partial charge is 0.367 e. The number of carbonyl (C=O) groups excluding carboxylic acids is 1. The lowest BCUT2D eigenvalue weighted by molar-refractivity contribution is -0.118. The topological polar surface area (TPSA) is 107 Å². The van der Waals surface area contributed by atoms with Crippen molar-refractivity contribution in [3.05, 3.63) is 65.5 Å². The first-order valence-corrected chi connectivity index (χ1v) is 9.71. The maximum absolute atomic E-state index is 11.7. The van der Waals surface area contributed by atoms with Crippen molar-refractivity contribution in [3.63, 3.8) is 0 Å². The first-order valence-electron chi connectivity index (χ1n) is 9.71. The van der Waals surface area contributed by atoms with Gasteiger partial charge in [-0.1, -0.05) is 6.58 Å². The Hall–Kier alpha value is -4.12. The SMILES string of the molecule is C=C1NC(=O)C/C1=C\c1cnn2c(NC3CC3)cc(Nc3ccc(C#N)cc3)nc12. The minimum Gasteiger partial charge on any atom is -0.367 e. The molecule has 5 rings (SSSR count). The summed E-state index contributed by atoms with van der Waals surface area (Å²) in [5.74, 6) is 1.45. The van der Waals surface area contributed by atoms with E-state index in [0.717, 1.165) is 35.5 Å². The third-order valence-corrected chi connectivity index (χ3v) is 5.07. The standard InChI is InChI=1S/C22H19N7O/c1-13-15(9-21(30)25-13)8-16-12-24-29-20(27-18-6-7-18)10-19(28-22(16)29)26-17-4-2-14(11-23)3-5-17/h2-5,8,10,12,18,27H,1,6-7,9H2,(H,25,30)(H,26,28)/b15-8+. The van der Waals surface area contributed by atoms with Crippen molar-refractivity contribution in [1.82, 2.24) is 19.9 Å². The van der Waals surface area contributed by atoms with E-state index in [1.807, 2.05) is 24.3 Å². The maximum atomic E-state index is 11.7. The monoisotopic (exact) mass is 397 g/mol. The second kappa shape index (κ2) is 7.04. The number of allylic oxidation sites excluding steroid dienone is 1. The summed E-state index contributed by atoms with van der Waals surface area (Å²) in [6, 6.07) is 11.7. The van der Waals surface area contributed by atoms with Crippen molar-refractivity contribution in [2.45, 2.75) is 25.3 Å². The van der Waals surface area contributed by atoms with Crippen LogP contribution < -0.4 is 16.0 Å². The number of hydrogen-bond donors (Lipinski definition) is 3. The molecule has 1 saturated heterocycles. The Labute approximate surface area is 172 Å². The van der Waals surface area contributed by atoms with Crippen molar-refractivity contribution in [2.24, 2.45) is 0 Å². The molecule has 0 radical (unpaired) electrons. The number of nitriles is 1. The van der Waals surface area contributed by atoms with Crippen LogP contribution in [0.3, 0.4) is 0 Å². The van der Waals surface area contributed by atoms with Gasteiger partial charge in [-0.05, 0) is 48.8 Å².